The summed E-state index contributed by atoms with van der Waals surface area (Å²) in [5, 5.41) is 2.55. The van der Waals surface area contributed by atoms with E-state index < -0.39 is 0 Å². The largest absolute Gasteiger partial charge is 0.316 e. The van der Waals surface area contributed by atoms with E-state index in [1.54, 1.807) is 0 Å². The van der Waals surface area contributed by atoms with Crippen molar-refractivity contribution in [3.63, 3.8) is 0 Å². The number of benzene rings is 4. The molecule has 2 aromatic heterocycles. The molecule has 6 rings (SSSR count). The molecule has 2 nitrogen and oxygen atoms in total. The molecule has 0 N–H and O–H groups in total. The van der Waals surface area contributed by atoms with Crippen LogP contribution in [0.5, 0.6) is 0 Å². The summed E-state index contributed by atoms with van der Waals surface area (Å²) in [6, 6.07) is 41.1. The van der Waals surface area contributed by atoms with E-state index in [4.69, 9.17) is 0 Å². The van der Waals surface area contributed by atoms with E-state index in [1.165, 1.54) is 44.4 Å². The van der Waals surface area contributed by atoms with Crippen LogP contribution in [-0.4, -0.2) is 9.13 Å². The Morgan fingerprint density at radius 1 is 0.576 bits per heavy atom. The minimum Gasteiger partial charge on any atom is -0.316 e. The highest BCUT2D eigenvalue weighted by Crippen LogP contribution is 2.41. The molecule has 0 radical (unpaired) electrons. The maximum atomic E-state index is 2.42. The molecule has 0 bridgehead atoms. The first kappa shape index (κ1) is 19.6. The molecule has 6 aromatic rings. The third-order valence-electron chi connectivity index (χ3n) is 6.79. The van der Waals surface area contributed by atoms with Gasteiger partial charge in [-0.2, -0.15) is 0 Å². The molecule has 0 aliphatic heterocycles. The van der Waals surface area contributed by atoms with Gasteiger partial charge in [-0.05, 0) is 48.0 Å². The molecule has 0 saturated heterocycles. The average Bonchev–Trinajstić information content (AvgIpc) is 3.45. The first-order valence-electron chi connectivity index (χ1n) is 11.5. The highest BCUT2D eigenvalue weighted by atomic mass is 15.0. The lowest BCUT2D eigenvalue weighted by atomic mass is 9.81. The molecule has 2 heteroatoms. The topological polar surface area (TPSA) is 9.86 Å². The molecular formula is C31H26N2. The van der Waals surface area contributed by atoms with Gasteiger partial charge in [-0.25, -0.2) is 0 Å². The van der Waals surface area contributed by atoms with Crippen molar-refractivity contribution >= 4 is 21.8 Å². The molecule has 33 heavy (non-hydrogen) atoms. The van der Waals surface area contributed by atoms with Gasteiger partial charge >= 0.3 is 0 Å². The predicted octanol–water partition coefficient (Wildman–Crippen LogP) is 7.90. The zero-order valence-corrected chi connectivity index (χ0v) is 18.9. The number of para-hydroxylation sites is 4. The Morgan fingerprint density at radius 3 is 1.88 bits per heavy atom. The van der Waals surface area contributed by atoms with Crippen LogP contribution in [0, 0.1) is 0 Å². The Labute approximate surface area is 194 Å². The first-order valence-corrected chi connectivity index (χ1v) is 11.5. The third-order valence-corrected chi connectivity index (χ3v) is 6.79. The van der Waals surface area contributed by atoms with Crippen LogP contribution in [0.1, 0.15) is 25.1 Å². The highest BCUT2D eigenvalue weighted by Gasteiger charge is 2.31. The lowest BCUT2D eigenvalue weighted by Crippen LogP contribution is -2.22. The Kier molecular flexibility index (Phi) is 4.48. The van der Waals surface area contributed by atoms with E-state index in [9.17, 15) is 0 Å². The monoisotopic (exact) mass is 426 g/mol. The smallest absolute Gasteiger partial charge is 0.0531 e. The summed E-state index contributed by atoms with van der Waals surface area (Å²) in [6.07, 6.45) is 2.33. The molecule has 0 aliphatic carbocycles. The van der Waals surface area contributed by atoms with Crippen LogP contribution in [0.2, 0.25) is 0 Å². The van der Waals surface area contributed by atoms with Crippen LogP contribution in [0.25, 0.3) is 33.2 Å². The second kappa shape index (κ2) is 7.53. The van der Waals surface area contributed by atoms with Crippen molar-refractivity contribution in [3.05, 3.63) is 133 Å². The lowest BCUT2D eigenvalue weighted by molar-refractivity contribution is 0.609. The van der Waals surface area contributed by atoms with Gasteiger partial charge in [-0.3, -0.25) is 0 Å². The van der Waals surface area contributed by atoms with Gasteiger partial charge < -0.3 is 9.13 Å². The third kappa shape index (κ3) is 3.10. The normalized spacial score (nSPS) is 11.9. The maximum Gasteiger partial charge on any atom is 0.0531 e. The zero-order valence-electron chi connectivity index (χ0n) is 18.9. The minimum absolute atomic E-state index is 0.228. The van der Waals surface area contributed by atoms with E-state index >= 15 is 0 Å². The van der Waals surface area contributed by atoms with Crippen LogP contribution in [-0.2, 0) is 5.41 Å². The Balaban J connectivity index is 1.64. The van der Waals surface area contributed by atoms with E-state index in [0.717, 1.165) is 0 Å². The number of rotatable bonds is 4. The van der Waals surface area contributed by atoms with Gasteiger partial charge in [-0.1, -0.05) is 86.6 Å². The fourth-order valence-electron chi connectivity index (χ4n) is 5.09. The fourth-order valence-corrected chi connectivity index (χ4v) is 5.09. The molecule has 0 atom stereocenters. The quantitative estimate of drug-likeness (QED) is 0.271. The summed E-state index contributed by atoms with van der Waals surface area (Å²) in [5.74, 6) is 0. The van der Waals surface area contributed by atoms with Crippen molar-refractivity contribution in [2.75, 3.05) is 0 Å². The minimum atomic E-state index is -0.228. The van der Waals surface area contributed by atoms with Gasteiger partial charge in [-0.15, -0.1) is 0 Å². The molecule has 0 saturated carbocycles. The van der Waals surface area contributed by atoms with E-state index in [2.05, 4.69) is 144 Å². The van der Waals surface area contributed by atoms with E-state index in [1.807, 2.05) is 0 Å². The molecule has 2 heterocycles. The summed E-state index contributed by atoms with van der Waals surface area (Å²) >= 11 is 0. The van der Waals surface area contributed by atoms with Crippen LogP contribution in [0.3, 0.4) is 0 Å². The van der Waals surface area contributed by atoms with Crippen LogP contribution < -0.4 is 0 Å². The summed E-state index contributed by atoms with van der Waals surface area (Å²) in [4.78, 5) is 0. The van der Waals surface area contributed by atoms with Gasteiger partial charge in [0.05, 0.1) is 11.0 Å². The van der Waals surface area contributed by atoms with Gasteiger partial charge in [0, 0.05) is 39.5 Å². The van der Waals surface area contributed by atoms with Crippen LogP contribution in [0.4, 0.5) is 0 Å². The van der Waals surface area contributed by atoms with Gasteiger partial charge in [0.25, 0.3) is 0 Å². The van der Waals surface area contributed by atoms with Crippen LogP contribution >= 0.6 is 0 Å². The van der Waals surface area contributed by atoms with Crippen molar-refractivity contribution in [1.29, 1.82) is 0 Å². The molecule has 0 amide bonds. The summed E-state index contributed by atoms with van der Waals surface area (Å²) in [7, 11) is 0. The summed E-state index contributed by atoms with van der Waals surface area (Å²) in [5.41, 5.74) is 7.21. The van der Waals surface area contributed by atoms with Gasteiger partial charge in [0.2, 0.25) is 0 Å². The lowest BCUT2D eigenvalue weighted by Gasteiger charge is -2.27. The van der Waals surface area contributed by atoms with Crippen molar-refractivity contribution in [2.24, 2.45) is 0 Å². The number of aromatic nitrogens is 2. The molecule has 4 aromatic carbocycles. The van der Waals surface area contributed by atoms with Crippen molar-refractivity contribution in [3.8, 4) is 11.4 Å². The molecule has 0 spiro atoms. The summed E-state index contributed by atoms with van der Waals surface area (Å²) < 4.78 is 4.74. The predicted molar refractivity (Wildman–Crippen MR) is 139 cm³/mol. The molecular weight excluding hydrogens is 400 g/mol. The van der Waals surface area contributed by atoms with Gasteiger partial charge in [0.1, 0.15) is 0 Å². The molecule has 0 fully saturated rings. The molecule has 0 aliphatic rings. The Morgan fingerprint density at radius 2 is 1.15 bits per heavy atom. The van der Waals surface area contributed by atoms with Crippen molar-refractivity contribution in [1.82, 2.24) is 9.13 Å². The zero-order chi connectivity index (χ0) is 22.4. The van der Waals surface area contributed by atoms with Crippen molar-refractivity contribution in [2.45, 2.75) is 19.3 Å². The fraction of sp³-hybridized carbons (Fsp3) is 0.0968. The average molecular weight is 427 g/mol. The molecule has 0 unspecified atom stereocenters. The van der Waals surface area contributed by atoms with E-state index in [0.29, 0.717) is 0 Å². The van der Waals surface area contributed by atoms with Crippen molar-refractivity contribution < 1.29 is 0 Å². The Bertz CT molecular complexity index is 1570. The van der Waals surface area contributed by atoms with E-state index in [-0.39, 0.29) is 5.41 Å². The number of nitrogens with zero attached hydrogens (tertiary/aromatic N) is 2. The maximum absolute atomic E-state index is 2.42. The SMILES string of the molecule is CC(C)(c1cn(-c2ccccc2)c2ccccc12)c1cc2ccccc2n1-c1ccccc1. The highest BCUT2D eigenvalue weighted by molar-refractivity contribution is 5.89. The second-order valence-electron chi connectivity index (χ2n) is 9.15. The van der Waals surface area contributed by atoms with Crippen LogP contribution in [0.15, 0.2) is 121 Å². The standard InChI is InChI=1S/C31H26N2/c1-31(2,27-22-32(24-14-5-3-6-15-24)29-20-12-10-18-26(27)29)30-21-23-13-9-11-19-28(23)33(30)25-16-7-4-8-17-25/h3-22H,1-2H3. The molecule has 160 valence electrons. The number of hydrogen-bond acceptors (Lipinski definition) is 0. The number of hydrogen-bond donors (Lipinski definition) is 0. The first-order chi connectivity index (χ1) is 16.1. The summed E-state index contributed by atoms with van der Waals surface area (Å²) in [6.45, 7) is 4.69. The number of fused-ring (bicyclic) bond motifs is 2. The van der Waals surface area contributed by atoms with Gasteiger partial charge in [0.15, 0.2) is 0 Å². The second-order valence-corrected chi connectivity index (χ2v) is 9.15. The Hall–Kier alpha value is -4.04.